The number of hydrogen-bond acceptors (Lipinski definition) is 4. The molecule has 0 atom stereocenters. The second-order valence-electron chi connectivity index (χ2n) is 7.43. The quantitative estimate of drug-likeness (QED) is 0.487. The van der Waals surface area contributed by atoms with Gasteiger partial charge in [-0.05, 0) is 39.2 Å². The smallest absolute Gasteiger partial charge is 0.274 e. The predicted octanol–water partition coefficient (Wildman–Crippen LogP) is 3.49. The minimum absolute atomic E-state index is 0.210. The van der Waals surface area contributed by atoms with Gasteiger partial charge in [0.1, 0.15) is 22.6 Å². The highest BCUT2D eigenvalue weighted by atomic mass is 79.9. The summed E-state index contributed by atoms with van der Waals surface area (Å²) >= 11 is 3.49. The molecule has 0 saturated heterocycles. The molecule has 1 aliphatic rings. The number of carbonyl (C=O) groups is 2. The van der Waals surface area contributed by atoms with Gasteiger partial charge in [-0.25, -0.2) is 9.82 Å². The van der Waals surface area contributed by atoms with E-state index >= 15 is 0 Å². The fourth-order valence-corrected chi connectivity index (χ4v) is 4.20. The average molecular weight is 501 g/mol. The molecule has 2 amide bonds. The molecule has 1 aromatic heterocycles. The molecule has 0 bridgehead atoms. The number of hydrazine groups is 1. The van der Waals surface area contributed by atoms with Crippen molar-refractivity contribution < 1.29 is 18.7 Å². The summed E-state index contributed by atoms with van der Waals surface area (Å²) in [7, 11) is 1.72. The zero-order valence-corrected chi connectivity index (χ0v) is 19.0. The topological polar surface area (TPSA) is 75.6 Å². The van der Waals surface area contributed by atoms with Crippen LogP contribution in [-0.4, -0.2) is 34.9 Å². The maximum Gasteiger partial charge on any atom is 0.274 e. The summed E-state index contributed by atoms with van der Waals surface area (Å²) in [5, 5.41) is 0. The van der Waals surface area contributed by atoms with Crippen LogP contribution in [0.4, 0.5) is 4.39 Å². The first-order valence-corrected chi connectivity index (χ1v) is 10.9. The summed E-state index contributed by atoms with van der Waals surface area (Å²) in [4.78, 5) is 27.6. The number of benzene rings is 2. The van der Waals surface area contributed by atoms with Crippen molar-refractivity contribution in [3.05, 3.63) is 87.4 Å². The van der Waals surface area contributed by atoms with Gasteiger partial charge in [-0.1, -0.05) is 42.5 Å². The molecular formula is C23H22BrFN4O3. The van der Waals surface area contributed by atoms with Crippen molar-refractivity contribution in [2.75, 3.05) is 13.6 Å². The molecule has 32 heavy (non-hydrogen) atoms. The minimum atomic E-state index is -0.445. The number of nitrogens with one attached hydrogen (secondary N) is 2. The average Bonchev–Trinajstić information content (AvgIpc) is 3.09. The number of carbonyl (C=O) groups excluding carboxylic acids is 2. The molecule has 3 aromatic rings. The van der Waals surface area contributed by atoms with Crippen LogP contribution in [0.2, 0.25) is 0 Å². The molecule has 166 valence electrons. The van der Waals surface area contributed by atoms with Crippen molar-refractivity contribution >= 4 is 27.7 Å². The fourth-order valence-electron chi connectivity index (χ4n) is 3.48. The van der Waals surface area contributed by atoms with Gasteiger partial charge in [-0.15, -0.1) is 0 Å². The van der Waals surface area contributed by atoms with Crippen LogP contribution in [-0.2, 0) is 19.7 Å². The van der Waals surface area contributed by atoms with E-state index in [-0.39, 0.29) is 29.6 Å². The fraction of sp³-hybridized carbons (Fsp3) is 0.217. The van der Waals surface area contributed by atoms with E-state index in [2.05, 4.69) is 26.8 Å². The SMILES string of the molecule is CN1CCn2c(Br)c(C(=O)NNCc3ccc(F)cc3)c(OCc3ccccc3)c2C1=O. The number of nitrogens with zero attached hydrogens (tertiary/aromatic N) is 2. The predicted molar refractivity (Wildman–Crippen MR) is 121 cm³/mol. The molecular weight excluding hydrogens is 479 g/mol. The highest BCUT2D eigenvalue weighted by Gasteiger charge is 2.35. The van der Waals surface area contributed by atoms with Crippen LogP contribution in [0.5, 0.6) is 5.75 Å². The summed E-state index contributed by atoms with van der Waals surface area (Å²) in [5.41, 5.74) is 7.79. The Hall–Kier alpha value is -3.17. The normalized spacial score (nSPS) is 13.1. The first-order chi connectivity index (χ1) is 15.5. The number of halogens is 2. The summed E-state index contributed by atoms with van der Waals surface area (Å²) < 4.78 is 21.3. The third-order valence-corrected chi connectivity index (χ3v) is 6.05. The van der Waals surface area contributed by atoms with Crippen molar-refractivity contribution in [1.82, 2.24) is 20.3 Å². The Morgan fingerprint density at radius 1 is 1.09 bits per heavy atom. The largest absolute Gasteiger partial charge is 0.486 e. The summed E-state index contributed by atoms with van der Waals surface area (Å²) in [6.07, 6.45) is 0. The number of ether oxygens (including phenoxy) is 1. The Kier molecular flexibility index (Phi) is 6.57. The lowest BCUT2D eigenvalue weighted by molar-refractivity contribution is 0.0742. The first kappa shape index (κ1) is 22.0. The highest BCUT2D eigenvalue weighted by molar-refractivity contribution is 9.10. The van der Waals surface area contributed by atoms with E-state index < -0.39 is 5.91 Å². The van der Waals surface area contributed by atoms with Crippen LogP contribution in [0.1, 0.15) is 32.0 Å². The third-order valence-electron chi connectivity index (χ3n) is 5.22. The third kappa shape index (κ3) is 4.53. The van der Waals surface area contributed by atoms with Crippen molar-refractivity contribution in [1.29, 1.82) is 0 Å². The number of aromatic nitrogens is 1. The monoisotopic (exact) mass is 500 g/mol. The van der Waals surface area contributed by atoms with Gasteiger partial charge in [-0.3, -0.25) is 15.0 Å². The molecule has 9 heteroatoms. The summed E-state index contributed by atoms with van der Waals surface area (Å²) in [6, 6.07) is 15.5. The minimum Gasteiger partial charge on any atom is -0.486 e. The molecule has 2 aromatic carbocycles. The van der Waals surface area contributed by atoms with Crippen molar-refractivity contribution in [3.8, 4) is 5.75 Å². The van der Waals surface area contributed by atoms with Gasteiger partial charge in [0.25, 0.3) is 11.8 Å². The Balaban J connectivity index is 1.58. The van der Waals surface area contributed by atoms with Gasteiger partial charge in [0.05, 0.1) is 0 Å². The van der Waals surface area contributed by atoms with Crippen LogP contribution in [0.15, 0.2) is 59.2 Å². The number of fused-ring (bicyclic) bond motifs is 1. The summed E-state index contributed by atoms with van der Waals surface area (Å²) in [6.45, 7) is 1.58. The number of hydrogen-bond donors (Lipinski definition) is 2. The van der Waals surface area contributed by atoms with Gasteiger partial charge in [-0.2, -0.15) is 0 Å². The molecule has 1 aliphatic heterocycles. The second-order valence-corrected chi connectivity index (χ2v) is 8.18. The van der Waals surface area contributed by atoms with Crippen molar-refractivity contribution in [3.63, 3.8) is 0 Å². The standard InChI is InChI=1S/C23H22BrFN4O3/c1-28-11-12-29-19(23(28)31)20(32-14-16-5-3-2-4-6-16)18(21(29)24)22(30)27-26-13-15-7-9-17(25)10-8-15/h2-10,26H,11-14H2,1H3,(H,27,30). The van der Waals surface area contributed by atoms with Crippen molar-refractivity contribution in [2.24, 2.45) is 0 Å². The van der Waals surface area contributed by atoms with Gasteiger partial charge in [0.15, 0.2) is 11.4 Å². The lowest BCUT2D eigenvalue weighted by Gasteiger charge is -2.25. The molecule has 0 unspecified atom stereocenters. The Morgan fingerprint density at radius 2 is 1.81 bits per heavy atom. The highest BCUT2D eigenvalue weighted by Crippen LogP contribution is 2.37. The van der Waals surface area contributed by atoms with E-state index in [4.69, 9.17) is 4.74 Å². The van der Waals surface area contributed by atoms with Crippen molar-refractivity contribution in [2.45, 2.75) is 19.7 Å². The zero-order chi connectivity index (χ0) is 22.7. The molecule has 7 nitrogen and oxygen atoms in total. The van der Waals surface area contributed by atoms with Crippen LogP contribution >= 0.6 is 15.9 Å². The van der Waals surface area contributed by atoms with E-state index in [9.17, 15) is 14.0 Å². The first-order valence-electron chi connectivity index (χ1n) is 10.1. The maximum atomic E-state index is 13.1. The zero-order valence-electron chi connectivity index (χ0n) is 17.4. The number of likely N-dealkylation sites (N-methyl/N-ethyl adjacent to an activating group) is 1. The van der Waals surface area contributed by atoms with Gasteiger partial charge < -0.3 is 14.2 Å². The molecule has 4 rings (SSSR count). The van der Waals surface area contributed by atoms with E-state index in [1.54, 1.807) is 28.6 Å². The van der Waals surface area contributed by atoms with Crippen LogP contribution < -0.4 is 15.6 Å². The van der Waals surface area contributed by atoms with Crippen LogP contribution in [0, 0.1) is 5.82 Å². The molecule has 0 radical (unpaired) electrons. The molecule has 0 spiro atoms. The molecule has 0 aliphatic carbocycles. The molecule has 2 heterocycles. The van der Waals surface area contributed by atoms with Crippen LogP contribution in [0.25, 0.3) is 0 Å². The van der Waals surface area contributed by atoms with Gasteiger partial charge >= 0.3 is 0 Å². The van der Waals surface area contributed by atoms with Gasteiger partial charge in [0.2, 0.25) is 0 Å². The second kappa shape index (κ2) is 9.54. The summed E-state index contributed by atoms with van der Waals surface area (Å²) in [5.74, 6) is -0.743. The maximum absolute atomic E-state index is 13.1. The van der Waals surface area contributed by atoms with E-state index in [0.717, 1.165) is 11.1 Å². The molecule has 2 N–H and O–H groups in total. The lowest BCUT2D eigenvalue weighted by Crippen LogP contribution is -2.37. The van der Waals surface area contributed by atoms with Crippen LogP contribution in [0.3, 0.4) is 0 Å². The lowest BCUT2D eigenvalue weighted by atomic mass is 10.2. The molecule has 0 fully saturated rings. The number of amides is 2. The van der Waals surface area contributed by atoms with E-state index in [1.807, 2.05) is 30.3 Å². The Morgan fingerprint density at radius 3 is 2.53 bits per heavy atom. The Labute approximate surface area is 193 Å². The molecule has 0 saturated carbocycles. The van der Waals surface area contributed by atoms with Gasteiger partial charge in [0, 0.05) is 26.7 Å². The van der Waals surface area contributed by atoms with E-state index in [0.29, 0.717) is 29.9 Å². The number of rotatable bonds is 7. The van der Waals surface area contributed by atoms with E-state index in [1.165, 1.54) is 12.1 Å². The Bertz CT molecular complexity index is 1130.